The number of amides is 1. The van der Waals surface area contributed by atoms with Gasteiger partial charge in [-0.25, -0.2) is 18.7 Å². The molecule has 0 aromatic carbocycles. The van der Waals surface area contributed by atoms with Gasteiger partial charge in [-0.3, -0.25) is 5.10 Å². The van der Waals surface area contributed by atoms with Crippen molar-refractivity contribution in [3.8, 4) is 0 Å². The van der Waals surface area contributed by atoms with Crippen LogP contribution in [0.3, 0.4) is 0 Å². The lowest BCUT2D eigenvalue weighted by Gasteiger charge is -2.18. The largest absolute Gasteiger partial charge is 0.443 e. The fourth-order valence-corrected chi connectivity index (χ4v) is 3.85. The van der Waals surface area contributed by atoms with Gasteiger partial charge in [-0.05, 0) is 32.8 Å². The van der Waals surface area contributed by atoms with Gasteiger partial charge in [0, 0.05) is 36.1 Å². The SMILES string of the molecule is CC(C)NC(=O)O[C@@H]1CC[C@H](c2cc(Nc3nccn4nc(CC(F)(F)F)cc34)n[nH]2)[C@@H]1F. The van der Waals surface area contributed by atoms with E-state index in [2.05, 4.69) is 30.9 Å². The molecule has 0 bridgehead atoms. The number of fused-ring (bicyclic) bond motifs is 1. The quantitative estimate of drug-likeness (QED) is 0.471. The molecule has 0 unspecified atom stereocenters. The molecule has 1 amide bonds. The van der Waals surface area contributed by atoms with Gasteiger partial charge in [0.1, 0.15) is 17.8 Å². The van der Waals surface area contributed by atoms with E-state index in [0.29, 0.717) is 29.9 Å². The van der Waals surface area contributed by atoms with Gasteiger partial charge in [0.15, 0.2) is 11.6 Å². The average molecular weight is 469 g/mol. The molecule has 0 spiro atoms. The molecule has 3 aromatic rings. The zero-order valence-electron chi connectivity index (χ0n) is 17.9. The van der Waals surface area contributed by atoms with E-state index in [1.165, 1.54) is 23.0 Å². The number of carbonyl (C=O) groups excluding carboxylic acids is 1. The fraction of sp³-hybridized carbons (Fsp3) is 0.500. The summed E-state index contributed by atoms with van der Waals surface area (Å²) in [7, 11) is 0. The zero-order valence-corrected chi connectivity index (χ0v) is 17.9. The molecule has 178 valence electrons. The third-order valence-corrected chi connectivity index (χ3v) is 5.23. The molecule has 1 aliphatic rings. The first-order valence-corrected chi connectivity index (χ1v) is 10.4. The summed E-state index contributed by atoms with van der Waals surface area (Å²) in [5.41, 5.74) is 0.716. The molecule has 13 heteroatoms. The monoisotopic (exact) mass is 469 g/mol. The number of anilines is 2. The number of rotatable bonds is 6. The van der Waals surface area contributed by atoms with Gasteiger partial charge in [-0.2, -0.15) is 23.4 Å². The maximum Gasteiger partial charge on any atom is 0.407 e. The van der Waals surface area contributed by atoms with Crippen molar-refractivity contribution in [3.63, 3.8) is 0 Å². The summed E-state index contributed by atoms with van der Waals surface area (Å²) in [5, 5.41) is 16.3. The van der Waals surface area contributed by atoms with Gasteiger partial charge in [0.2, 0.25) is 0 Å². The minimum atomic E-state index is -4.38. The molecule has 0 saturated heterocycles. The second-order valence-electron chi connectivity index (χ2n) is 8.24. The van der Waals surface area contributed by atoms with Crippen LogP contribution in [-0.2, 0) is 11.2 Å². The first kappa shape index (κ1) is 22.8. The number of aromatic amines is 1. The van der Waals surface area contributed by atoms with Crippen LogP contribution in [-0.4, -0.2) is 55.4 Å². The van der Waals surface area contributed by atoms with E-state index in [1.807, 2.05) is 0 Å². The van der Waals surface area contributed by atoms with Gasteiger partial charge in [-0.15, -0.1) is 0 Å². The van der Waals surface area contributed by atoms with Crippen molar-refractivity contribution < 1.29 is 27.1 Å². The van der Waals surface area contributed by atoms with Gasteiger partial charge < -0.3 is 15.4 Å². The number of nitrogens with zero attached hydrogens (tertiary/aromatic N) is 4. The van der Waals surface area contributed by atoms with E-state index >= 15 is 0 Å². The zero-order chi connectivity index (χ0) is 23.8. The molecule has 1 aliphatic carbocycles. The molecule has 1 fully saturated rings. The second-order valence-corrected chi connectivity index (χ2v) is 8.24. The van der Waals surface area contributed by atoms with Crippen LogP contribution >= 0.6 is 0 Å². The number of halogens is 4. The predicted octanol–water partition coefficient (Wildman–Crippen LogP) is 4.02. The summed E-state index contributed by atoms with van der Waals surface area (Å²) < 4.78 is 59.5. The van der Waals surface area contributed by atoms with E-state index in [4.69, 9.17) is 4.74 Å². The van der Waals surface area contributed by atoms with E-state index < -0.39 is 36.9 Å². The van der Waals surface area contributed by atoms with Crippen molar-refractivity contribution in [3.05, 3.63) is 35.9 Å². The number of aromatic nitrogens is 5. The highest BCUT2D eigenvalue weighted by atomic mass is 19.4. The van der Waals surface area contributed by atoms with E-state index in [9.17, 15) is 22.4 Å². The summed E-state index contributed by atoms with van der Waals surface area (Å²) in [6.45, 7) is 3.56. The molecule has 3 heterocycles. The summed E-state index contributed by atoms with van der Waals surface area (Å²) in [6, 6.07) is 2.79. The van der Waals surface area contributed by atoms with Crippen LogP contribution in [0, 0.1) is 0 Å². The normalized spacial score (nSPS) is 21.0. The van der Waals surface area contributed by atoms with Crippen LogP contribution < -0.4 is 10.6 Å². The van der Waals surface area contributed by atoms with Gasteiger partial charge >= 0.3 is 12.3 Å². The maximum atomic E-state index is 14.9. The average Bonchev–Trinajstić information content (AvgIpc) is 3.40. The minimum Gasteiger partial charge on any atom is -0.443 e. The first-order valence-electron chi connectivity index (χ1n) is 10.4. The Balaban J connectivity index is 1.45. The number of hydrogen-bond donors (Lipinski definition) is 3. The standard InChI is InChI=1S/C20H23F4N7O2/c1-10(2)26-19(32)33-15-4-3-12(17(15)21)13-8-16(29-28-13)27-18-14-7-11(9-20(22,23)24)30-31(14)6-5-25-18/h5-8,10,12,15,17H,3-4,9H2,1-2H3,(H,26,32)(H2,25,27,28,29)/t12-,15-,17+/m1/s1. The van der Waals surface area contributed by atoms with E-state index in [1.54, 1.807) is 19.9 Å². The predicted molar refractivity (Wildman–Crippen MR) is 110 cm³/mol. The molecule has 3 atom stereocenters. The van der Waals surface area contributed by atoms with Gasteiger partial charge in [0.05, 0.1) is 12.1 Å². The third kappa shape index (κ3) is 5.34. The highest BCUT2D eigenvalue weighted by Crippen LogP contribution is 2.38. The number of hydrogen-bond acceptors (Lipinski definition) is 6. The molecule has 0 radical (unpaired) electrons. The third-order valence-electron chi connectivity index (χ3n) is 5.23. The molecule has 9 nitrogen and oxygen atoms in total. The summed E-state index contributed by atoms with van der Waals surface area (Å²) in [5.74, 6) is 0.0339. The first-order chi connectivity index (χ1) is 15.6. The summed E-state index contributed by atoms with van der Waals surface area (Å²) in [6.07, 6.45) is -4.78. The highest BCUT2D eigenvalue weighted by Gasteiger charge is 2.41. The lowest BCUT2D eigenvalue weighted by molar-refractivity contribution is -0.127. The lowest BCUT2D eigenvalue weighted by atomic mass is 10.0. The van der Waals surface area contributed by atoms with Crippen molar-refractivity contribution in [2.24, 2.45) is 0 Å². The van der Waals surface area contributed by atoms with E-state index in [0.717, 1.165) is 0 Å². The number of nitrogens with one attached hydrogen (secondary N) is 3. The van der Waals surface area contributed by atoms with Crippen LogP contribution in [0.5, 0.6) is 0 Å². The Kier molecular flexibility index (Phi) is 6.13. The van der Waals surface area contributed by atoms with Crippen LogP contribution in [0.2, 0.25) is 0 Å². The Bertz CT molecular complexity index is 1130. The molecule has 4 rings (SSSR count). The number of carbonyl (C=O) groups is 1. The van der Waals surface area contributed by atoms with Crippen molar-refractivity contribution >= 4 is 23.2 Å². The second kappa shape index (κ2) is 8.87. The van der Waals surface area contributed by atoms with Crippen molar-refractivity contribution in [2.45, 2.75) is 63.5 Å². The number of ether oxygens (including phenoxy) is 1. The molecule has 1 saturated carbocycles. The van der Waals surface area contributed by atoms with Crippen LogP contribution in [0.1, 0.15) is 44.0 Å². The van der Waals surface area contributed by atoms with E-state index in [-0.39, 0.29) is 17.6 Å². The Morgan fingerprint density at radius 2 is 2.12 bits per heavy atom. The smallest absolute Gasteiger partial charge is 0.407 e. The minimum absolute atomic E-state index is 0.118. The van der Waals surface area contributed by atoms with Crippen LogP contribution in [0.4, 0.5) is 34.0 Å². The summed E-state index contributed by atoms with van der Waals surface area (Å²) >= 11 is 0. The molecule has 33 heavy (non-hydrogen) atoms. The fourth-order valence-electron chi connectivity index (χ4n) is 3.85. The Morgan fingerprint density at radius 1 is 1.33 bits per heavy atom. The molecular weight excluding hydrogens is 446 g/mol. The van der Waals surface area contributed by atoms with Crippen LogP contribution in [0.25, 0.3) is 5.52 Å². The maximum absolute atomic E-state index is 14.9. The topological polar surface area (TPSA) is 109 Å². The molecule has 0 aliphatic heterocycles. The van der Waals surface area contributed by atoms with Gasteiger partial charge in [-0.1, -0.05) is 0 Å². The molecular formula is C20H23F4N7O2. The lowest BCUT2D eigenvalue weighted by Crippen LogP contribution is -2.36. The van der Waals surface area contributed by atoms with Gasteiger partial charge in [0.25, 0.3) is 0 Å². The van der Waals surface area contributed by atoms with Crippen molar-refractivity contribution in [2.75, 3.05) is 5.32 Å². The Hall–Kier alpha value is -3.38. The Labute approximate surface area is 185 Å². The highest BCUT2D eigenvalue weighted by molar-refractivity contribution is 5.72. The Morgan fingerprint density at radius 3 is 2.85 bits per heavy atom. The number of alkyl halides is 4. The summed E-state index contributed by atoms with van der Waals surface area (Å²) in [4.78, 5) is 15.9. The molecule has 3 aromatic heterocycles. The van der Waals surface area contributed by atoms with Crippen LogP contribution in [0.15, 0.2) is 24.5 Å². The molecule has 3 N–H and O–H groups in total. The number of alkyl carbamates (subject to hydrolysis) is 1. The number of H-pyrrole nitrogens is 1. The van der Waals surface area contributed by atoms with Crippen molar-refractivity contribution in [1.82, 2.24) is 30.1 Å². The van der Waals surface area contributed by atoms with Crippen molar-refractivity contribution in [1.29, 1.82) is 0 Å².